The van der Waals surface area contributed by atoms with Gasteiger partial charge in [-0.05, 0) is 25.0 Å². The van der Waals surface area contributed by atoms with Crippen LogP contribution in [0.3, 0.4) is 0 Å². The maximum atomic E-state index is 11.9. The van der Waals surface area contributed by atoms with Crippen LogP contribution in [0.1, 0.15) is 18.6 Å². The molecule has 1 aliphatic rings. The summed E-state index contributed by atoms with van der Waals surface area (Å²) in [7, 11) is 5.22. The summed E-state index contributed by atoms with van der Waals surface area (Å²) in [5.74, 6) is 1.60. The van der Waals surface area contributed by atoms with Crippen LogP contribution < -0.4 is 10.6 Å². The predicted molar refractivity (Wildman–Crippen MR) is 106 cm³/mol. The SMILES string of the molecule is COCCN1CCC(NC(=NCC(=O)N(C)C)NCCc2ccco2)CC1. The number of hydrogen-bond donors (Lipinski definition) is 2. The van der Waals surface area contributed by atoms with Gasteiger partial charge in [-0.1, -0.05) is 0 Å². The van der Waals surface area contributed by atoms with Gasteiger partial charge in [0.2, 0.25) is 5.91 Å². The van der Waals surface area contributed by atoms with Gasteiger partial charge in [-0.25, -0.2) is 4.99 Å². The molecule has 1 fully saturated rings. The molecule has 0 saturated carbocycles. The highest BCUT2D eigenvalue weighted by Crippen LogP contribution is 2.10. The van der Waals surface area contributed by atoms with Gasteiger partial charge >= 0.3 is 0 Å². The monoisotopic (exact) mass is 379 g/mol. The fourth-order valence-electron chi connectivity index (χ4n) is 2.91. The lowest BCUT2D eigenvalue weighted by molar-refractivity contribution is -0.127. The van der Waals surface area contributed by atoms with E-state index in [0.29, 0.717) is 18.5 Å². The summed E-state index contributed by atoms with van der Waals surface area (Å²) in [5, 5.41) is 6.81. The summed E-state index contributed by atoms with van der Waals surface area (Å²) in [5.41, 5.74) is 0. The van der Waals surface area contributed by atoms with Crippen LogP contribution in [0.2, 0.25) is 0 Å². The minimum atomic E-state index is -0.0171. The van der Waals surface area contributed by atoms with Gasteiger partial charge in [0.05, 0.1) is 12.9 Å². The van der Waals surface area contributed by atoms with E-state index in [4.69, 9.17) is 9.15 Å². The largest absolute Gasteiger partial charge is 0.469 e. The molecule has 0 aliphatic carbocycles. The van der Waals surface area contributed by atoms with E-state index in [9.17, 15) is 4.79 Å². The van der Waals surface area contributed by atoms with Crippen molar-refractivity contribution in [3.05, 3.63) is 24.2 Å². The van der Waals surface area contributed by atoms with E-state index in [2.05, 4.69) is 20.5 Å². The zero-order chi connectivity index (χ0) is 19.5. The average Bonchev–Trinajstić information content (AvgIpc) is 3.18. The van der Waals surface area contributed by atoms with Crippen molar-refractivity contribution in [3.8, 4) is 0 Å². The number of carbonyl (C=O) groups is 1. The first-order valence-corrected chi connectivity index (χ1v) is 9.57. The molecule has 0 atom stereocenters. The quantitative estimate of drug-likeness (QED) is 0.482. The van der Waals surface area contributed by atoms with Crippen LogP contribution in [0.5, 0.6) is 0 Å². The fraction of sp³-hybridized carbons (Fsp3) is 0.684. The molecule has 8 heteroatoms. The lowest BCUT2D eigenvalue weighted by Crippen LogP contribution is -2.49. The van der Waals surface area contributed by atoms with Gasteiger partial charge in [-0.2, -0.15) is 0 Å². The van der Waals surface area contributed by atoms with E-state index in [-0.39, 0.29) is 12.5 Å². The summed E-state index contributed by atoms with van der Waals surface area (Å²) in [6.07, 6.45) is 4.54. The van der Waals surface area contributed by atoms with Crippen molar-refractivity contribution in [2.45, 2.75) is 25.3 Å². The second kappa shape index (κ2) is 11.6. The standard InChI is InChI=1S/C19H33N5O3/c1-23(2)18(25)15-21-19(20-9-6-17-5-4-13-27-17)22-16-7-10-24(11-8-16)12-14-26-3/h4-5,13,16H,6-12,14-15H2,1-3H3,(H2,20,21,22). The van der Waals surface area contributed by atoms with Gasteiger partial charge in [0, 0.05) is 59.8 Å². The highest BCUT2D eigenvalue weighted by molar-refractivity contribution is 5.84. The maximum absolute atomic E-state index is 11.9. The Hall–Kier alpha value is -2.06. The Kier molecular flexibility index (Phi) is 9.13. The minimum Gasteiger partial charge on any atom is -0.469 e. The van der Waals surface area contributed by atoms with Crippen molar-refractivity contribution in [1.82, 2.24) is 20.4 Å². The van der Waals surface area contributed by atoms with E-state index in [1.165, 1.54) is 0 Å². The van der Waals surface area contributed by atoms with Gasteiger partial charge < -0.3 is 29.6 Å². The number of nitrogens with one attached hydrogen (secondary N) is 2. The van der Waals surface area contributed by atoms with Crippen molar-refractivity contribution in [3.63, 3.8) is 0 Å². The second-order valence-electron chi connectivity index (χ2n) is 6.96. The molecule has 1 amide bonds. The van der Waals surface area contributed by atoms with Crippen LogP contribution in [-0.4, -0.2) is 88.2 Å². The Balaban J connectivity index is 1.83. The molecular weight excluding hydrogens is 346 g/mol. The number of furan rings is 1. The van der Waals surface area contributed by atoms with Crippen molar-refractivity contribution in [2.24, 2.45) is 4.99 Å². The first kappa shape index (κ1) is 21.2. The van der Waals surface area contributed by atoms with Crippen LogP contribution in [-0.2, 0) is 16.0 Å². The van der Waals surface area contributed by atoms with Crippen molar-refractivity contribution >= 4 is 11.9 Å². The Labute approximate surface area is 161 Å². The zero-order valence-electron chi connectivity index (χ0n) is 16.7. The Morgan fingerprint density at radius 3 is 2.81 bits per heavy atom. The first-order chi connectivity index (χ1) is 13.1. The van der Waals surface area contributed by atoms with Crippen molar-refractivity contribution in [1.29, 1.82) is 0 Å². The van der Waals surface area contributed by atoms with Gasteiger partial charge in [0.25, 0.3) is 0 Å². The molecule has 0 aromatic carbocycles. The van der Waals surface area contributed by atoms with Crippen molar-refractivity contribution < 1.29 is 13.9 Å². The number of rotatable bonds is 9. The summed E-state index contributed by atoms with van der Waals surface area (Å²) in [6.45, 7) is 4.65. The average molecular weight is 380 g/mol. The third-order valence-electron chi connectivity index (χ3n) is 4.66. The molecule has 152 valence electrons. The van der Waals surface area contributed by atoms with E-state index < -0.39 is 0 Å². The third kappa shape index (κ3) is 8.01. The molecule has 1 aromatic rings. The summed E-state index contributed by atoms with van der Waals surface area (Å²) in [4.78, 5) is 20.3. The van der Waals surface area contributed by atoms with Gasteiger partial charge in [-0.3, -0.25) is 4.79 Å². The number of methoxy groups -OCH3 is 1. The number of aliphatic imine (C=N–C) groups is 1. The lowest BCUT2D eigenvalue weighted by Gasteiger charge is -2.33. The Morgan fingerprint density at radius 1 is 1.41 bits per heavy atom. The number of hydrogen-bond acceptors (Lipinski definition) is 5. The van der Waals surface area contributed by atoms with Crippen LogP contribution in [0.4, 0.5) is 0 Å². The van der Waals surface area contributed by atoms with E-state index in [1.54, 1.807) is 32.4 Å². The highest BCUT2D eigenvalue weighted by Gasteiger charge is 2.20. The lowest BCUT2D eigenvalue weighted by atomic mass is 10.1. The van der Waals surface area contributed by atoms with E-state index >= 15 is 0 Å². The molecule has 1 saturated heterocycles. The van der Waals surface area contributed by atoms with Gasteiger partial charge in [0.1, 0.15) is 12.3 Å². The van der Waals surface area contributed by atoms with Crippen LogP contribution in [0, 0.1) is 0 Å². The number of carbonyl (C=O) groups excluding carboxylic acids is 1. The second-order valence-corrected chi connectivity index (χ2v) is 6.96. The number of piperidine rings is 1. The van der Waals surface area contributed by atoms with Crippen LogP contribution in [0.25, 0.3) is 0 Å². The minimum absolute atomic E-state index is 0.0171. The molecule has 1 aliphatic heterocycles. The smallest absolute Gasteiger partial charge is 0.243 e. The van der Waals surface area contributed by atoms with Crippen molar-refractivity contribution in [2.75, 3.05) is 60.5 Å². The zero-order valence-corrected chi connectivity index (χ0v) is 16.7. The molecule has 8 nitrogen and oxygen atoms in total. The molecule has 27 heavy (non-hydrogen) atoms. The summed E-state index contributed by atoms with van der Waals surface area (Å²) < 4.78 is 10.5. The molecular formula is C19H33N5O3. The molecule has 2 rings (SSSR count). The number of likely N-dealkylation sites (N-methyl/N-ethyl adjacent to an activating group) is 1. The van der Waals surface area contributed by atoms with E-state index in [0.717, 1.165) is 51.3 Å². The number of nitrogens with zero attached hydrogens (tertiary/aromatic N) is 3. The van der Waals surface area contributed by atoms with Gasteiger partial charge in [0.15, 0.2) is 5.96 Å². The maximum Gasteiger partial charge on any atom is 0.243 e. The molecule has 0 bridgehead atoms. The number of likely N-dealkylation sites (tertiary alicyclic amines) is 1. The molecule has 0 spiro atoms. The molecule has 2 heterocycles. The van der Waals surface area contributed by atoms with Crippen LogP contribution in [0.15, 0.2) is 27.8 Å². The molecule has 0 radical (unpaired) electrons. The van der Waals surface area contributed by atoms with Gasteiger partial charge in [-0.15, -0.1) is 0 Å². The topological polar surface area (TPSA) is 82.3 Å². The number of ether oxygens (including phenoxy) is 1. The molecule has 1 aromatic heterocycles. The number of amides is 1. The van der Waals surface area contributed by atoms with Crippen LogP contribution >= 0.6 is 0 Å². The Morgan fingerprint density at radius 2 is 2.19 bits per heavy atom. The molecule has 2 N–H and O–H groups in total. The Bertz CT molecular complexity index is 566. The molecule has 0 unspecified atom stereocenters. The van der Waals surface area contributed by atoms with E-state index in [1.807, 2.05) is 12.1 Å². The first-order valence-electron chi connectivity index (χ1n) is 9.57. The number of guanidine groups is 1. The normalized spacial score (nSPS) is 16.3. The third-order valence-corrected chi connectivity index (χ3v) is 4.66. The fourth-order valence-corrected chi connectivity index (χ4v) is 2.91. The summed E-state index contributed by atoms with van der Waals surface area (Å²) >= 11 is 0. The summed E-state index contributed by atoms with van der Waals surface area (Å²) in [6, 6.07) is 4.19. The predicted octanol–water partition coefficient (Wildman–Crippen LogP) is 0.556. The highest BCUT2D eigenvalue weighted by atomic mass is 16.5.